The first-order chi connectivity index (χ1) is 14.1. The normalized spacial score (nSPS) is 21.6. The Balaban J connectivity index is 0.00000320. The number of benzene rings is 1. The van der Waals surface area contributed by atoms with Gasteiger partial charge in [0.25, 0.3) is 0 Å². The van der Waals surface area contributed by atoms with E-state index in [1.54, 1.807) is 14.2 Å². The highest BCUT2D eigenvalue weighted by Crippen LogP contribution is 2.42. The van der Waals surface area contributed by atoms with Gasteiger partial charge in [-0.1, -0.05) is 25.3 Å². The fourth-order valence-electron chi connectivity index (χ4n) is 4.87. The van der Waals surface area contributed by atoms with Crippen LogP contribution in [-0.2, 0) is 5.41 Å². The van der Waals surface area contributed by atoms with Gasteiger partial charge in [0, 0.05) is 32.1 Å². The van der Waals surface area contributed by atoms with Crippen LogP contribution in [0.25, 0.3) is 0 Å². The molecule has 0 spiro atoms. The van der Waals surface area contributed by atoms with Gasteiger partial charge in [-0.15, -0.1) is 24.0 Å². The number of guanidine groups is 1. The molecular formula is C23H39IN4O2. The fourth-order valence-corrected chi connectivity index (χ4v) is 4.87. The predicted molar refractivity (Wildman–Crippen MR) is 135 cm³/mol. The van der Waals surface area contributed by atoms with Crippen molar-refractivity contribution >= 4 is 29.9 Å². The molecule has 7 heteroatoms. The molecule has 1 saturated heterocycles. The molecule has 0 amide bonds. The smallest absolute Gasteiger partial charge is 0.191 e. The number of ether oxygens (including phenoxy) is 2. The highest BCUT2D eigenvalue weighted by atomic mass is 127. The minimum absolute atomic E-state index is 0. The molecule has 1 aromatic carbocycles. The fraction of sp³-hybridized carbons (Fsp3) is 0.696. The van der Waals surface area contributed by atoms with E-state index in [0.717, 1.165) is 30.5 Å². The molecule has 0 aromatic heterocycles. The molecule has 1 unspecified atom stereocenters. The van der Waals surface area contributed by atoms with Crippen molar-refractivity contribution < 1.29 is 9.47 Å². The minimum atomic E-state index is 0. The Labute approximate surface area is 199 Å². The predicted octanol–water partition coefficient (Wildman–Crippen LogP) is 3.64. The molecule has 2 aliphatic rings. The van der Waals surface area contributed by atoms with Gasteiger partial charge in [-0.3, -0.25) is 4.99 Å². The maximum absolute atomic E-state index is 5.58. The van der Waals surface area contributed by atoms with E-state index in [9.17, 15) is 0 Å². The molecule has 2 fully saturated rings. The summed E-state index contributed by atoms with van der Waals surface area (Å²) in [5.74, 6) is 3.20. The molecule has 3 rings (SSSR count). The van der Waals surface area contributed by atoms with Gasteiger partial charge in [0.1, 0.15) is 0 Å². The lowest BCUT2D eigenvalue weighted by atomic mass is 9.69. The molecule has 1 atom stereocenters. The summed E-state index contributed by atoms with van der Waals surface area (Å²) in [5, 5.41) is 7.18. The Bertz CT molecular complexity index is 692. The van der Waals surface area contributed by atoms with Crippen LogP contribution in [0.15, 0.2) is 23.2 Å². The van der Waals surface area contributed by atoms with Crippen molar-refractivity contribution in [2.45, 2.75) is 43.9 Å². The van der Waals surface area contributed by atoms with Gasteiger partial charge < -0.3 is 25.0 Å². The van der Waals surface area contributed by atoms with Crippen molar-refractivity contribution in [3.63, 3.8) is 0 Å². The molecule has 1 aliphatic heterocycles. The Morgan fingerprint density at radius 2 is 1.87 bits per heavy atom. The summed E-state index contributed by atoms with van der Waals surface area (Å²) >= 11 is 0. The number of likely N-dealkylation sites (tertiary alicyclic amines) is 1. The van der Waals surface area contributed by atoms with Gasteiger partial charge >= 0.3 is 0 Å². The average molecular weight is 530 g/mol. The highest BCUT2D eigenvalue weighted by Gasteiger charge is 2.35. The SMILES string of the molecule is CN=C(NCC1CCN(C)C1)NCC1(c2ccc(OC)c(OC)c2)CCCCC1.I. The van der Waals surface area contributed by atoms with Gasteiger partial charge in [-0.05, 0) is 56.5 Å². The van der Waals surface area contributed by atoms with Crippen LogP contribution in [0.2, 0.25) is 0 Å². The van der Waals surface area contributed by atoms with Crippen molar-refractivity contribution in [2.75, 3.05) is 54.5 Å². The van der Waals surface area contributed by atoms with Crippen molar-refractivity contribution in [3.8, 4) is 11.5 Å². The van der Waals surface area contributed by atoms with Gasteiger partial charge in [-0.2, -0.15) is 0 Å². The number of hydrogen-bond acceptors (Lipinski definition) is 4. The van der Waals surface area contributed by atoms with Gasteiger partial charge in [0.2, 0.25) is 0 Å². The Kier molecular flexibility index (Phi) is 10.0. The highest BCUT2D eigenvalue weighted by molar-refractivity contribution is 14.0. The second kappa shape index (κ2) is 12.0. The van der Waals surface area contributed by atoms with Crippen LogP contribution >= 0.6 is 24.0 Å². The maximum atomic E-state index is 5.58. The third kappa shape index (κ3) is 6.15. The Morgan fingerprint density at radius 3 is 2.47 bits per heavy atom. The number of nitrogens with zero attached hydrogens (tertiary/aromatic N) is 2. The quantitative estimate of drug-likeness (QED) is 0.321. The molecule has 30 heavy (non-hydrogen) atoms. The maximum Gasteiger partial charge on any atom is 0.191 e. The number of aliphatic imine (C=N–C) groups is 1. The van der Waals surface area contributed by atoms with Crippen LogP contribution in [0.1, 0.15) is 44.1 Å². The van der Waals surface area contributed by atoms with Crippen molar-refractivity contribution in [2.24, 2.45) is 10.9 Å². The Morgan fingerprint density at radius 1 is 1.13 bits per heavy atom. The first-order valence-electron chi connectivity index (χ1n) is 11.0. The Hall–Kier alpha value is -1.22. The van der Waals surface area contributed by atoms with E-state index in [4.69, 9.17) is 9.47 Å². The third-order valence-corrected chi connectivity index (χ3v) is 6.67. The van der Waals surface area contributed by atoms with Crippen LogP contribution in [0.5, 0.6) is 11.5 Å². The lowest BCUT2D eigenvalue weighted by molar-refractivity contribution is 0.288. The van der Waals surface area contributed by atoms with E-state index in [0.29, 0.717) is 5.92 Å². The van der Waals surface area contributed by atoms with Crippen LogP contribution in [-0.4, -0.2) is 65.4 Å². The van der Waals surface area contributed by atoms with E-state index in [1.807, 2.05) is 13.1 Å². The van der Waals surface area contributed by atoms with Crippen LogP contribution in [0.3, 0.4) is 0 Å². The molecule has 1 aromatic rings. The number of halogens is 1. The largest absolute Gasteiger partial charge is 0.493 e. The van der Waals surface area contributed by atoms with Crippen molar-refractivity contribution in [3.05, 3.63) is 23.8 Å². The summed E-state index contributed by atoms with van der Waals surface area (Å²) in [6.07, 6.45) is 7.46. The topological polar surface area (TPSA) is 58.1 Å². The van der Waals surface area contributed by atoms with Crippen LogP contribution < -0.4 is 20.1 Å². The molecule has 1 heterocycles. The number of rotatable bonds is 7. The molecule has 6 nitrogen and oxygen atoms in total. The zero-order valence-corrected chi connectivity index (χ0v) is 21.3. The molecular weight excluding hydrogens is 491 g/mol. The van der Waals surface area contributed by atoms with E-state index < -0.39 is 0 Å². The van der Waals surface area contributed by atoms with Crippen LogP contribution in [0, 0.1) is 5.92 Å². The summed E-state index contributed by atoms with van der Waals surface area (Å²) in [5.41, 5.74) is 1.43. The standard InChI is InChI=1S/C23H38N4O2.HI/c1-24-22(25-15-18-10-13-27(2)16-18)26-17-23(11-6-5-7-12-23)19-8-9-20(28-3)21(14-19)29-4;/h8-9,14,18H,5-7,10-13,15-17H2,1-4H3,(H2,24,25,26);1H. The lowest BCUT2D eigenvalue weighted by Crippen LogP contribution is -2.47. The second-order valence-electron chi connectivity index (χ2n) is 8.63. The first kappa shape index (κ1) is 25.0. The zero-order chi connectivity index (χ0) is 20.7. The zero-order valence-electron chi connectivity index (χ0n) is 19.0. The van der Waals surface area contributed by atoms with Crippen molar-refractivity contribution in [1.82, 2.24) is 15.5 Å². The summed E-state index contributed by atoms with van der Waals surface area (Å²) in [7, 11) is 7.45. The third-order valence-electron chi connectivity index (χ3n) is 6.67. The summed E-state index contributed by atoms with van der Waals surface area (Å²) in [4.78, 5) is 6.87. The minimum Gasteiger partial charge on any atom is -0.493 e. The van der Waals surface area contributed by atoms with Gasteiger partial charge in [0.05, 0.1) is 14.2 Å². The molecule has 0 bridgehead atoms. The van der Waals surface area contributed by atoms with E-state index in [2.05, 4.69) is 39.7 Å². The van der Waals surface area contributed by atoms with E-state index in [-0.39, 0.29) is 29.4 Å². The number of nitrogens with one attached hydrogen (secondary N) is 2. The molecule has 1 aliphatic carbocycles. The molecule has 170 valence electrons. The number of hydrogen-bond donors (Lipinski definition) is 2. The molecule has 1 saturated carbocycles. The van der Waals surface area contributed by atoms with E-state index in [1.165, 1.54) is 57.2 Å². The van der Waals surface area contributed by atoms with Gasteiger partial charge in [0.15, 0.2) is 17.5 Å². The average Bonchev–Trinajstić information content (AvgIpc) is 3.19. The first-order valence-corrected chi connectivity index (χ1v) is 11.0. The van der Waals surface area contributed by atoms with Crippen molar-refractivity contribution in [1.29, 1.82) is 0 Å². The lowest BCUT2D eigenvalue weighted by Gasteiger charge is -2.38. The van der Waals surface area contributed by atoms with Gasteiger partial charge in [-0.25, -0.2) is 0 Å². The summed E-state index contributed by atoms with van der Waals surface area (Å²) in [6, 6.07) is 6.41. The van der Waals surface area contributed by atoms with Crippen LogP contribution in [0.4, 0.5) is 0 Å². The molecule has 2 N–H and O–H groups in total. The van der Waals surface area contributed by atoms with E-state index >= 15 is 0 Å². The number of methoxy groups -OCH3 is 2. The monoisotopic (exact) mass is 530 g/mol. The summed E-state index contributed by atoms with van der Waals surface area (Å²) in [6.45, 7) is 4.22. The summed E-state index contributed by atoms with van der Waals surface area (Å²) < 4.78 is 11.0. The second-order valence-corrected chi connectivity index (χ2v) is 8.63. The molecule has 0 radical (unpaired) electrons.